The van der Waals surface area contributed by atoms with Gasteiger partial charge in [0.25, 0.3) is 0 Å². The Morgan fingerprint density at radius 3 is 2.48 bits per heavy atom. The average Bonchev–Trinajstić information content (AvgIpc) is 2.86. The first kappa shape index (κ1) is 15.6. The summed E-state index contributed by atoms with van der Waals surface area (Å²) >= 11 is 0. The molecule has 0 aromatic heterocycles. The van der Waals surface area contributed by atoms with E-state index in [-0.39, 0.29) is 24.3 Å². The summed E-state index contributed by atoms with van der Waals surface area (Å²) in [5, 5.41) is 12.0. The van der Waals surface area contributed by atoms with Gasteiger partial charge in [0.2, 0.25) is 5.91 Å². The van der Waals surface area contributed by atoms with Gasteiger partial charge in [0.05, 0.1) is 17.9 Å². The molecule has 3 amide bonds. The summed E-state index contributed by atoms with van der Waals surface area (Å²) < 4.78 is 0. The van der Waals surface area contributed by atoms with E-state index in [9.17, 15) is 14.4 Å². The predicted octanol–water partition coefficient (Wildman–Crippen LogP) is 0.681. The van der Waals surface area contributed by atoms with Crippen LogP contribution in [-0.2, 0) is 9.59 Å². The molecular weight excluding hydrogens is 274 g/mol. The lowest BCUT2D eigenvalue weighted by Crippen LogP contribution is -2.55. The SMILES string of the molecule is NC(=O)C1CCCN(C(=O)NC2(CC(=O)O)CCCC2)C1. The Bertz CT molecular complexity index is 432. The Balaban J connectivity index is 1.98. The van der Waals surface area contributed by atoms with E-state index in [0.717, 1.165) is 19.3 Å². The molecule has 118 valence electrons. The summed E-state index contributed by atoms with van der Waals surface area (Å²) in [5.74, 6) is -1.58. The number of carboxylic acid groups (broad SMARTS) is 1. The summed E-state index contributed by atoms with van der Waals surface area (Å²) in [5.41, 5.74) is 4.67. The molecule has 1 saturated heterocycles. The molecule has 1 heterocycles. The number of likely N-dealkylation sites (tertiary alicyclic amines) is 1. The molecule has 1 saturated carbocycles. The minimum absolute atomic E-state index is 0.0498. The molecule has 1 aliphatic heterocycles. The van der Waals surface area contributed by atoms with E-state index in [2.05, 4.69) is 5.32 Å². The van der Waals surface area contributed by atoms with E-state index in [4.69, 9.17) is 10.8 Å². The highest BCUT2D eigenvalue weighted by Crippen LogP contribution is 2.33. The van der Waals surface area contributed by atoms with Crippen molar-refractivity contribution in [3.63, 3.8) is 0 Å². The van der Waals surface area contributed by atoms with Crippen LogP contribution in [0.4, 0.5) is 4.79 Å². The monoisotopic (exact) mass is 297 g/mol. The molecule has 1 aliphatic carbocycles. The number of urea groups is 1. The third-order valence-electron chi connectivity index (χ3n) is 4.53. The molecule has 2 rings (SSSR count). The van der Waals surface area contributed by atoms with Gasteiger partial charge in [-0.05, 0) is 25.7 Å². The maximum atomic E-state index is 12.4. The molecule has 2 fully saturated rings. The predicted molar refractivity (Wildman–Crippen MR) is 75.5 cm³/mol. The van der Waals surface area contributed by atoms with Gasteiger partial charge in [-0.1, -0.05) is 12.8 Å². The number of nitrogens with one attached hydrogen (secondary N) is 1. The first-order chi connectivity index (χ1) is 9.92. The molecule has 0 bridgehead atoms. The molecule has 0 aromatic carbocycles. The Labute approximate surface area is 123 Å². The van der Waals surface area contributed by atoms with Crippen LogP contribution in [0.15, 0.2) is 0 Å². The quantitative estimate of drug-likeness (QED) is 0.708. The zero-order valence-corrected chi connectivity index (χ0v) is 12.1. The Morgan fingerprint density at radius 1 is 1.24 bits per heavy atom. The summed E-state index contributed by atoms with van der Waals surface area (Å²) in [6.07, 6.45) is 4.64. The molecule has 2 aliphatic rings. The summed E-state index contributed by atoms with van der Waals surface area (Å²) in [4.78, 5) is 36.3. The minimum atomic E-state index is -0.897. The van der Waals surface area contributed by atoms with Crippen LogP contribution in [0.5, 0.6) is 0 Å². The van der Waals surface area contributed by atoms with Crippen molar-refractivity contribution >= 4 is 17.9 Å². The van der Waals surface area contributed by atoms with Gasteiger partial charge in [0.15, 0.2) is 0 Å². The third kappa shape index (κ3) is 3.86. The number of carbonyl (C=O) groups is 3. The van der Waals surface area contributed by atoms with Crippen LogP contribution in [0.25, 0.3) is 0 Å². The van der Waals surface area contributed by atoms with Crippen molar-refractivity contribution in [2.45, 2.75) is 50.5 Å². The van der Waals surface area contributed by atoms with E-state index in [0.29, 0.717) is 32.4 Å². The van der Waals surface area contributed by atoms with Crippen molar-refractivity contribution in [3.8, 4) is 0 Å². The molecular formula is C14H23N3O4. The minimum Gasteiger partial charge on any atom is -0.481 e. The lowest BCUT2D eigenvalue weighted by Gasteiger charge is -2.36. The van der Waals surface area contributed by atoms with Crippen LogP contribution in [0.1, 0.15) is 44.9 Å². The molecule has 7 nitrogen and oxygen atoms in total. The molecule has 1 unspecified atom stereocenters. The number of aliphatic carboxylic acids is 1. The van der Waals surface area contributed by atoms with Crippen LogP contribution in [0.2, 0.25) is 0 Å². The number of carbonyl (C=O) groups excluding carboxylic acids is 2. The molecule has 0 aromatic rings. The fourth-order valence-corrected chi connectivity index (χ4v) is 3.39. The Kier molecular flexibility index (Phi) is 4.69. The molecule has 7 heteroatoms. The zero-order valence-electron chi connectivity index (χ0n) is 12.1. The average molecular weight is 297 g/mol. The van der Waals surface area contributed by atoms with Crippen molar-refractivity contribution in [2.75, 3.05) is 13.1 Å². The largest absolute Gasteiger partial charge is 0.481 e. The number of amides is 3. The van der Waals surface area contributed by atoms with Crippen LogP contribution >= 0.6 is 0 Å². The van der Waals surface area contributed by atoms with Crippen LogP contribution in [0.3, 0.4) is 0 Å². The first-order valence-electron chi connectivity index (χ1n) is 7.50. The van der Waals surface area contributed by atoms with Crippen LogP contribution in [0, 0.1) is 5.92 Å². The van der Waals surface area contributed by atoms with Gasteiger partial charge in [-0.3, -0.25) is 9.59 Å². The maximum Gasteiger partial charge on any atom is 0.317 e. The van der Waals surface area contributed by atoms with Gasteiger partial charge in [0, 0.05) is 13.1 Å². The van der Waals surface area contributed by atoms with Crippen molar-refractivity contribution < 1.29 is 19.5 Å². The van der Waals surface area contributed by atoms with Gasteiger partial charge in [-0.25, -0.2) is 4.79 Å². The van der Waals surface area contributed by atoms with Crippen molar-refractivity contribution in [3.05, 3.63) is 0 Å². The molecule has 0 radical (unpaired) electrons. The van der Waals surface area contributed by atoms with E-state index in [1.165, 1.54) is 0 Å². The molecule has 4 N–H and O–H groups in total. The van der Waals surface area contributed by atoms with Gasteiger partial charge in [0.1, 0.15) is 0 Å². The number of hydrogen-bond acceptors (Lipinski definition) is 3. The highest BCUT2D eigenvalue weighted by Gasteiger charge is 2.39. The zero-order chi connectivity index (χ0) is 15.5. The standard InChI is InChI=1S/C14H23N3O4/c15-12(20)10-4-3-7-17(9-10)13(21)16-14(8-11(18)19)5-1-2-6-14/h10H,1-9H2,(H2,15,20)(H,16,21)(H,18,19). The number of rotatable bonds is 4. The Morgan fingerprint density at radius 2 is 1.90 bits per heavy atom. The smallest absolute Gasteiger partial charge is 0.317 e. The summed E-state index contributed by atoms with van der Waals surface area (Å²) in [6, 6.07) is -0.274. The topological polar surface area (TPSA) is 113 Å². The van der Waals surface area contributed by atoms with E-state index < -0.39 is 11.5 Å². The molecule has 0 spiro atoms. The number of carboxylic acids is 1. The van der Waals surface area contributed by atoms with Crippen molar-refractivity contribution in [2.24, 2.45) is 11.7 Å². The van der Waals surface area contributed by atoms with Crippen molar-refractivity contribution in [1.29, 1.82) is 0 Å². The summed E-state index contributed by atoms with van der Waals surface area (Å²) in [6.45, 7) is 0.906. The molecule has 1 atom stereocenters. The van der Waals surface area contributed by atoms with E-state index in [1.54, 1.807) is 4.90 Å². The second kappa shape index (κ2) is 6.32. The third-order valence-corrected chi connectivity index (χ3v) is 4.53. The van der Waals surface area contributed by atoms with Gasteiger partial charge in [-0.15, -0.1) is 0 Å². The lowest BCUT2D eigenvalue weighted by atomic mass is 9.93. The maximum absolute atomic E-state index is 12.4. The van der Waals surface area contributed by atoms with E-state index in [1.807, 2.05) is 0 Å². The number of nitrogens with two attached hydrogens (primary N) is 1. The fraction of sp³-hybridized carbons (Fsp3) is 0.786. The van der Waals surface area contributed by atoms with E-state index >= 15 is 0 Å². The highest BCUT2D eigenvalue weighted by molar-refractivity contribution is 5.80. The number of piperidine rings is 1. The van der Waals surface area contributed by atoms with Crippen molar-refractivity contribution in [1.82, 2.24) is 10.2 Å². The highest BCUT2D eigenvalue weighted by atomic mass is 16.4. The van der Waals surface area contributed by atoms with Gasteiger partial charge < -0.3 is 21.1 Å². The lowest BCUT2D eigenvalue weighted by molar-refractivity contribution is -0.138. The van der Waals surface area contributed by atoms with Crippen LogP contribution in [-0.4, -0.2) is 46.5 Å². The first-order valence-corrected chi connectivity index (χ1v) is 7.50. The second-order valence-corrected chi connectivity index (χ2v) is 6.18. The van der Waals surface area contributed by atoms with Crippen LogP contribution < -0.4 is 11.1 Å². The fourth-order valence-electron chi connectivity index (χ4n) is 3.39. The number of nitrogens with zero attached hydrogens (tertiary/aromatic N) is 1. The number of hydrogen-bond donors (Lipinski definition) is 3. The Hall–Kier alpha value is -1.79. The van der Waals surface area contributed by atoms with Gasteiger partial charge >= 0.3 is 12.0 Å². The van der Waals surface area contributed by atoms with Gasteiger partial charge in [-0.2, -0.15) is 0 Å². The second-order valence-electron chi connectivity index (χ2n) is 6.18. The molecule has 21 heavy (non-hydrogen) atoms. The summed E-state index contributed by atoms with van der Waals surface area (Å²) in [7, 11) is 0. The normalized spacial score (nSPS) is 24.6. The number of primary amides is 1.